The summed E-state index contributed by atoms with van der Waals surface area (Å²) in [5, 5.41) is 6.62. The van der Waals surface area contributed by atoms with Crippen LogP contribution in [0, 0.1) is 0 Å². The van der Waals surface area contributed by atoms with Crippen LogP contribution in [-0.2, 0) is 4.79 Å². The van der Waals surface area contributed by atoms with E-state index >= 15 is 0 Å². The lowest BCUT2D eigenvalue weighted by Crippen LogP contribution is -2.43. The summed E-state index contributed by atoms with van der Waals surface area (Å²) in [7, 11) is 1.55. The number of ether oxygens (including phenoxy) is 1. The summed E-state index contributed by atoms with van der Waals surface area (Å²) >= 11 is 5.93. The van der Waals surface area contributed by atoms with Gasteiger partial charge in [0.2, 0.25) is 5.91 Å². The van der Waals surface area contributed by atoms with Gasteiger partial charge in [0.15, 0.2) is 0 Å². The van der Waals surface area contributed by atoms with Crippen LogP contribution in [0.4, 0.5) is 5.69 Å². The van der Waals surface area contributed by atoms with Gasteiger partial charge in [-0.1, -0.05) is 18.0 Å². The number of anilines is 1. The predicted molar refractivity (Wildman–Crippen MR) is 72.3 cm³/mol. The quantitative estimate of drug-likeness (QED) is 0.885. The van der Waals surface area contributed by atoms with Crippen LogP contribution in [0.25, 0.3) is 0 Å². The first-order valence-corrected chi connectivity index (χ1v) is 6.46. The van der Waals surface area contributed by atoms with Crippen molar-refractivity contribution >= 4 is 23.2 Å². The molecule has 1 saturated heterocycles. The third kappa shape index (κ3) is 3.15. The summed E-state index contributed by atoms with van der Waals surface area (Å²) in [4.78, 5) is 12.0. The second kappa shape index (κ2) is 6.07. The maximum absolute atomic E-state index is 12.0. The summed E-state index contributed by atoms with van der Waals surface area (Å²) in [6.45, 7) is 0.905. The molecule has 18 heavy (non-hydrogen) atoms. The zero-order chi connectivity index (χ0) is 13.0. The smallest absolute Gasteiger partial charge is 0.241 e. The summed E-state index contributed by atoms with van der Waals surface area (Å²) in [6.07, 6.45) is 3.12. The number of halogens is 1. The van der Waals surface area contributed by atoms with E-state index in [1.165, 1.54) is 0 Å². The Hall–Kier alpha value is -1.26. The summed E-state index contributed by atoms with van der Waals surface area (Å²) < 4.78 is 5.11. The van der Waals surface area contributed by atoms with E-state index in [0.717, 1.165) is 25.8 Å². The van der Waals surface area contributed by atoms with E-state index in [0.29, 0.717) is 16.5 Å². The molecule has 2 rings (SSSR count). The van der Waals surface area contributed by atoms with Gasteiger partial charge in [-0.05, 0) is 31.5 Å². The van der Waals surface area contributed by atoms with Gasteiger partial charge in [0.05, 0.1) is 18.2 Å². The number of carbonyl (C=O) groups is 1. The molecule has 1 fully saturated rings. The van der Waals surface area contributed by atoms with Gasteiger partial charge in [0, 0.05) is 11.8 Å². The van der Waals surface area contributed by atoms with E-state index in [1.807, 2.05) is 0 Å². The van der Waals surface area contributed by atoms with Gasteiger partial charge in [-0.15, -0.1) is 0 Å². The highest BCUT2D eigenvalue weighted by Crippen LogP contribution is 2.27. The maximum Gasteiger partial charge on any atom is 0.241 e. The van der Waals surface area contributed by atoms with Crippen LogP contribution in [0.15, 0.2) is 18.2 Å². The van der Waals surface area contributed by atoms with E-state index in [2.05, 4.69) is 10.6 Å². The molecule has 4 nitrogen and oxygen atoms in total. The number of piperidine rings is 1. The molecule has 0 radical (unpaired) electrons. The van der Waals surface area contributed by atoms with Gasteiger partial charge in [-0.2, -0.15) is 0 Å². The molecule has 1 aliphatic rings. The van der Waals surface area contributed by atoms with Crippen molar-refractivity contribution in [2.24, 2.45) is 0 Å². The molecular formula is C13H17ClN2O2. The highest BCUT2D eigenvalue weighted by molar-refractivity contribution is 6.32. The minimum Gasteiger partial charge on any atom is -0.495 e. The largest absolute Gasteiger partial charge is 0.495 e. The molecule has 0 aliphatic carbocycles. The molecule has 0 bridgehead atoms. The van der Waals surface area contributed by atoms with E-state index in [4.69, 9.17) is 16.3 Å². The van der Waals surface area contributed by atoms with Crippen molar-refractivity contribution in [2.45, 2.75) is 25.3 Å². The monoisotopic (exact) mass is 268 g/mol. The normalized spacial score (nSPS) is 19.3. The summed E-state index contributed by atoms with van der Waals surface area (Å²) in [5.41, 5.74) is 0.702. The van der Waals surface area contributed by atoms with E-state index < -0.39 is 0 Å². The Morgan fingerprint density at radius 1 is 1.50 bits per heavy atom. The Labute approximate surface area is 112 Å². The summed E-state index contributed by atoms with van der Waals surface area (Å²) in [5.74, 6) is 0.560. The molecule has 1 aliphatic heterocycles. The van der Waals surface area contributed by atoms with Crippen LogP contribution in [-0.4, -0.2) is 25.6 Å². The lowest BCUT2D eigenvalue weighted by atomic mass is 10.0. The number of methoxy groups -OCH3 is 1. The third-order valence-electron chi connectivity index (χ3n) is 3.05. The number of carbonyl (C=O) groups excluding carboxylic acids is 1. The molecule has 2 N–H and O–H groups in total. The number of nitrogens with one attached hydrogen (secondary N) is 2. The highest BCUT2D eigenvalue weighted by atomic mass is 35.5. The molecule has 1 aromatic carbocycles. The van der Waals surface area contributed by atoms with Crippen molar-refractivity contribution in [3.8, 4) is 5.75 Å². The zero-order valence-electron chi connectivity index (χ0n) is 10.3. The molecule has 5 heteroatoms. The van der Waals surface area contributed by atoms with Crippen molar-refractivity contribution in [3.05, 3.63) is 23.2 Å². The van der Waals surface area contributed by atoms with E-state index in [1.54, 1.807) is 25.3 Å². The fraction of sp³-hybridized carbons (Fsp3) is 0.462. The van der Waals surface area contributed by atoms with Crippen LogP contribution in [0.3, 0.4) is 0 Å². The number of rotatable bonds is 3. The average molecular weight is 269 g/mol. The zero-order valence-corrected chi connectivity index (χ0v) is 11.1. The van der Waals surface area contributed by atoms with E-state index in [-0.39, 0.29) is 11.9 Å². The summed E-state index contributed by atoms with van der Waals surface area (Å²) in [6, 6.07) is 5.11. The van der Waals surface area contributed by atoms with Crippen molar-refractivity contribution in [1.82, 2.24) is 5.32 Å². The van der Waals surface area contributed by atoms with Crippen LogP contribution < -0.4 is 15.4 Å². The number of hydrogen-bond donors (Lipinski definition) is 2. The van der Waals surface area contributed by atoms with Crippen LogP contribution in [0.2, 0.25) is 5.02 Å². The minimum absolute atomic E-state index is 0.000856. The molecule has 0 spiro atoms. The Morgan fingerprint density at radius 3 is 3.00 bits per heavy atom. The van der Waals surface area contributed by atoms with Gasteiger partial charge in [0.1, 0.15) is 5.75 Å². The Kier molecular flexibility index (Phi) is 4.44. The molecule has 0 aromatic heterocycles. The van der Waals surface area contributed by atoms with Crippen LogP contribution in [0.1, 0.15) is 19.3 Å². The van der Waals surface area contributed by atoms with E-state index in [9.17, 15) is 4.79 Å². The number of benzene rings is 1. The molecule has 1 heterocycles. The fourth-order valence-corrected chi connectivity index (χ4v) is 2.24. The van der Waals surface area contributed by atoms with Crippen LogP contribution in [0.5, 0.6) is 5.75 Å². The molecular weight excluding hydrogens is 252 g/mol. The van der Waals surface area contributed by atoms with Crippen molar-refractivity contribution in [1.29, 1.82) is 0 Å². The first-order chi connectivity index (χ1) is 8.70. The number of amides is 1. The first-order valence-electron chi connectivity index (χ1n) is 6.08. The van der Waals surface area contributed by atoms with Crippen LogP contribution >= 0.6 is 11.6 Å². The molecule has 98 valence electrons. The minimum atomic E-state index is -0.0968. The SMILES string of the molecule is COc1cc(NC(=O)[C@H]2CCCCN2)ccc1Cl. The molecule has 0 saturated carbocycles. The lowest BCUT2D eigenvalue weighted by Gasteiger charge is -2.22. The number of hydrogen-bond acceptors (Lipinski definition) is 3. The Morgan fingerprint density at radius 2 is 2.33 bits per heavy atom. The van der Waals surface area contributed by atoms with Gasteiger partial charge in [-0.3, -0.25) is 4.79 Å². The maximum atomic E-state index is 12.0. The Bertz CT molecular complexity index is 431. The topological polar surface area (TPSA) is 50.4 Å². The average Bonchev–Trinajstić information content (AvgIpc) is 2.42. The molecule has 0 unspecified atom stereocenters. The van der Waals surface area contributed by atoms with Gasteiger partial charge in [-0.25, -0.2) is 0 Å². The highest BCUT2D eigenvalue weighted by Gasteiger charge is 2.20. The molecule has 1 amide bonds. The van der Waals surface area contributed by atoms with Gasteiger partial charge < -0.3 is 15.4 Å². The van der Waals surface area contributed by atoms with Crippen molar-refractivity contribution in [3.63, 3.8) is 0 Å². The van der Waals surface area contributed by atoms with Crippen molar-refractivity contribution < 1.29 is 9.53 Å². The first kappa shape index (κ1) is 13.2. The fourth-order valence-electron chi connectivity index (χ4n) is 2.04. The predicted octanol–water partition coefficient (Wildman–Crippen LogP) is 2.43. The van der Waals surface area contributed by atoms with Gasteiger partial charge in [0.25, 0.3) is 0 Å². The second-order valence-electron chi connectivity index (χ2n) is 4.34. The molecule has 1 atom stereocenters. The lowest BCUT2D eigenvalue weighted by molar-refractivity contribution is -0.118. The Balaban J connectivity index is 2.02. The van der Waals surface area contributed by atoms with Gasteiger partial charge >= 0.3 is 0 Å². The third-order valence-corrected chi connectivity index (χ3v) is 3.36. The standard InChI is InChI=1S/C13H17ClN2O2/c1-18-12-8-9(5-6-10(12)14)16-13(17)11-4-2-3-7-15-11/h5-6,8,11,15H,2-4,7H2,1H3,(H,16,17)/t11-/m1/s1. The van der Waals surface area contributed by atoms with Crippen molar-refractivity contribution in [2.75, 3.05) is 19.0 Å². The second-order valence-corrected chi connectivity index (χ2v) is 4.75. The molecule has 1 aromatic rings.